The van der Waals surface area contributed by atoms with Gasteiger partial charge in [0.15, 0.2) is 0 Å². The molecule has 0 spiro atoms. The van der Waals surface area contributed by atoms with Crippen LogP contribution in [0.1, 0.15) is 0 Å². The van der Waals surface area contributed by atoms with Crippen LogP contribution in [0.3, 0.4) is 0 Å². The fourth-order valence-electron chi connectivity index (χ4n) is 0.179. The van der Waals surface area contributed by atoms with E-state index >= 15 is 0 Å². The van der Waals surface area contributed by atoms with Crippen LogP contribution in [0, 0.1) is 0 Å². The Hall–Kier alpha value is 0.0900. The number of nitrogens with one attached hydrogen (secondary N) is 1. The molecule has 0 saturated heterocycles. The topological polar surface area (TPSA) is 72.2 Å². The van der Waals surface area contributed by atoms with Crippen molar-refractivity contribution in [2.24, 2.45) is 5.14 Å². The van der Waals surface area contributed by atoms with Crippen LogP contribution in [0.5, 0.6) is 0 Å². The van der Waals surface area contributed by atoms with Crippen LogP contribution in [0.15, 0.2) is 11.1 Å². The van der Waals surface area contributed by atoms with E-state index in [1.807, 2.05) is 4.72 Å². The fraction of sp³-hybridized carbons (Fsp3) is 0.333. The second-order valence-corrected chi connectivity index (χ2v) is 3.88. The Morgan fingerprint density at radius 1 is 1.78 bits per heavy atom. The van der Waals surface area contributed by atoms with Gasteiger partial charge in [0.1, 0.15) is 0 Å². The van der Waals surface area contributed by atoms with Gasteiger partial charge in [-0.05, 0) is 0 Å². The van der Waals surface area contributed by atoms with Crippen LogP contribution in [0.25, 0.3) is 0 Å². The lowest BCUT2D eigenvalue weighted by molar-refractivity contribution is 0.587. The highest BCUT2D eigenvalue weighted by Crippen LogP contribution is 1.96. The molecule has 0 atom stereocenters. The molecular weight excluding hydrogens is 208 g/mol. The van der Waals surface area contributed by atoms with Gasteiger partial charge < -0.3 is 0 Å². The molecule has 0 aromatic rings. The number of hydrogen-bond acceptors (Lipinski definition) is 2. The molecule has 4 nitrogen and oxygen atoms in total. The average molecular weight is 215 g/mol. The molecule has 6 heteroatoms. The normalized spacial score (nSPS) is 11.3. The van der Waals surface area contributed by atoms with E-state index < -0.39 is 10.2 Å². The van der Waals surface area contributed by atoms with Crippen LogP contribution < -0.4 is 9.86 Å². The average Bonchev–Trinajstić information content (AvgIpc) is 1.59. The van der Waals surface area contributed by atoms with Crippen LogP contribution >= 0.6 is 15.9 Å². The SMILES string of the molecule is C=C(Br)CNS(N)(=O)=O. The summed E-state index contributed by atoms with van der Waals surface area (Å²) >= 11 is 2.95. The lowest BCUT2D eigenvalue weighted by Gasteiger charge is -1.96. The van der Waals surface area contributed by atoms with Gasteiger partial charge in [0, 0.05) is 11.0 Å². The van der Waals surface area contributed by atoms with Gasteiger partial charge in [-0.15, -0.1) is 0 Å². The minimum atomic E-state index is -3.56. The molecule has 0 heterocycles. The number of nitrogens with two attached hydrogens (primary N) is 1. The zero-order valence-electron chi connectivity index (χ0n) is 4.59. The van der Waals surface area contributed by atoms with E-state index in [9.17, 15) is 8.42 Å². The second kappa shape index (κ2) is 3.31. The Morgan fingerprint density at radius 3 is 2.33 bits per heavy atom. The number of hydrogen-bond donors (Lipinski definition) is 2. The molecule has 0 aliphatic rings. The maximum Gasteiger partial charge on any atom is 0.274 e. The summed E-state index contributed by atoms with van der Waals surface area (Å²) in [5.74, 6) is 0. The molecule has 0 rings (SSSR count). The van der Waals surface area contributed by atoms with Gasteiger partial charge >= 0.3 is 0 Å². The number of halogens is 1. The van der Waals surface area contributed by atoms with Gasteiger partial charge in [-0.3, -0.25) is 0 Å². The van der Waals surface area contributed by atoms with Crippen LogP contribution in [0.2, 0.25) is 0 Å². The Balaban J connectivity index is 3.67. The first-order valence-corrected chi connectivity index (χ1v) is 4.36. The standard InChI is InChI=1S/C3H7BrN2O2S/c1-3(4)2-6-9(5,7)8/h6H,1-2H2,(H2,5,7,8). The molecule has 0 fully saturated rings. The van der Waals surface area contributed by atoms with Crippen molar-refractivity contribution in [3.05, 3.63) is 11.1 Å². The van der Waals surface area contributed by atoms with E-state index in [4.69, 9.17) is 0 Å². The third kappa shape index (κ3) is 8.09. The van der Waals surface area contributed by atoms with Gasteiger partial charge in [0.05, 0.1) is 0 Å². The Morgan fingerprint density at radius 2 is 2.22 bits per heavy atom. The third-order valence-corrected chi connectivity index (χ3v) is 1.29. The van der Waals surface area contributed by atoms with Gasteiger partial charge in [-0.1, -0.05) is 22.5 Å². The van der Waals surface area contributed by atoms with E-state index in [1.165, 1.54) is 0 Å². The van der Waals surface area contributed by atoms with Crippen molar-refractivity contribution in [1.82, 2.24) is 4.72 Å². The van der Waals surface area contributed by atoms with Crippen molar-refractivity contribution in [1.29, 1.82) is 0 Å². The molecule has 0 bridgehead atoms. The van der Waals surface area contributed by atoms with E-state index in [2.05, 4.69) is 27.6 Å². The molecule has 9 heavy (non-hydrogen) atoms. The van der Waals surface area contributed by atoms with Crippen LogP contribution in [-0.4, -0.2) is 15.0 Å². The minimum Gasteiger partial charge on any atom is -0.216 e. The maximum atomic E-state index is 10.1. The second-order valence-electron chi connectivity index (χ2n) is 1.38. The number of rotatable bonds is 3. The molecule has 0 aliphatic heterocycles. The van der Waals surface area contributed by atoms with Crippen molar-refractivity contribution in [3.8, 4) is 0 Å². The first kappa shape index (κ1) is 9.09. The fourth-order valence-corrected chi connectivity index (χ4v) is 0.880. The highest BCUT2D eigenvalue weighted by atomic mass is 79.9. The van der Waals surface area contributed by atoms with Gasteiger partial charge in [-0.2, -0.15) is 13.1 Å². The summed E-state index contributed by atoms with van der Waals surface area (Å²) in [4.78, 5) is 0. The summed E-state index contributed by atoms with van der Waals surface area (Å²) < 4.78 is 22.8. The van der Waals surface area contributed by atoms with Crippen molar-refractivity contribution < 1.29 is 8.42 Å². The van der Waals surface area contributed by atoms with Crippen LogP contribution in [0.4, 0.5) is 0 Å². The van der Waals surface area contributed by atoms with Gasteiger partial charge in [-0.25, -0.2) is 5.14 Å². The predicted octanol–water partition coefficient (Wildman–Crippen LogP) is -0.312. The van der Waals surface area contributed by atoms with Crippen molar-refractivity contribution >= 4 is 26.1 Å². The molecular formula is C3H7BrN2O2S. The molecule has 3 N–H and O–H groups in total. The van der Waals surface area contributed by atoms with E-state index in [0.29, 0.717) is 4.48 Å². The molecule has 0 saturated carbocycles. The first-order valence-electron chi connectivity index (χ1n) is 2.02. The van der Waals surface area contributed by atoms with Crippen LogP contribution in [-0.2, 0) is 10.2 Å². The Labute approximate surface area is 62.4 Å². The Bertz CT molecular complexity index is 198. The molecule has 0 aromatic carbocycles. The lowest BCUT2D eigenvalue weighted by Crippen LogP contribution is -2.31. The summed E-state index contributed by atoms with van der Waals surface area (Å²) in [6.45, 7) is 3.52. The van der Waals surface area contributed by atoms with Crippen molar-refractivity contribution in [2.75, 3.05) is 6.54 Å². The zero-order chi connectivity index (χ0) is 7.49. The summed E-state index contributed by atoms with van der Waals surface area (Å²) in [7, 11) is -3.56. The van der Waals surface area contributed by atoms with Crippen molar-refractivity contribution in [3.63, 3.8) is 0 Å². The quantitative estimate of drug-likeness (QED) is 0.677. The molecule has 0 aromatic heterocycles. The summed E-state index contributed by atoms with van der Waals surface area (Å²) in [6, 6.07) is 0. The molecule has 0 aliphatic carbocycles. The minimum absolute atomic E-state index is 0.124. The summed E-state index contributed by atoms with van der Waals surface area (Å²) in [5.41, 5.74) is 0. The largest absolute Gasteiger partial charge is 0.274 e. The predicted molar refractivity (Wildman–Crippen MR) is 39.2 cm³/mol. The lowest BCUT2D eigenvalue weighted by atomic mass is 10.7. The zero-order valence-corrected chi connectivity index (χ0v) is 7.00. The van der Waals surface area contributed by atoms with Gasteiger partial charge in [0.2, 0.25) is 0 Å². The van der Waals surface area contributed by atoms with E-state index in [-0.39, 0.29) is 6.54 Å². The Kier molecular flexibility index (Phi) is 3.34. The molecule has 0 unspecified atom stereocenters. The third-order valence-electron chi connectivity index (χ3n) is 0.465. The van der Waals surface area contributed by atoms with E-state index in [0.717, 1.165) is 0 Å². The smallest absolute Gasteiger partial charge is 0.216 e. The molecule has 54 valence electrons. The maximum absolute atomic E-state index is 10.1. The first-order chi connectivity index (χ1) is 3.92. The highest BCUT2D eigenvalue weighted by molar-refractivity contribution is 9.11. The van der Waals surface area contributed by atoms with Gasteiger partial charge in [0.25, 0.3) is 10.2 Å². The molecule has 0 amide bonds. The van der Waals surface area contributed by atoms with E-state index in [1.54, 1.807) is 0 Å². The van der Waals surface area contributed by atoms with Crippen molar-refractivity contribution in [2.45, 2.75) is 0 Å². The molecule has 0 radical (unpaired) electrons. The summed E-state index contributed by atoms with van der Waals surface area (Å²) in [6.07, 6.45) is 0. The monoisotopic (exact) mass is 214 g/mol. The summed E-state index contributed by atoms with van der Waals surface area (Å²) in [5, 5.41) is 4.58. The highest BCUT2D eigenvalue weighted by Gasteiger charge is 1.98.